The van der Waals surface area contributed by atoms with Crippen LogP contribution in [-0.4, -0.2) is 6.04 Å². The van der Waals surface area contributed by atoms with E-state index < -0.39 is 0 Å². The zero-order valence-electron chi connectivity index (χ0n) is 8.61. The van der Waals surface area contributed by atoms with Gasteiger partial charge in [-0.05, 0) is 25.3 Å². The van der Waals surface area contributed by atoms with Gasteiger partial charge in [0.05, 0.1) is 0 Å². The summed E-state index contributed by atoms with van der Waals surface area (Å²) in [5.41, 5.74) is 7.51. The summed E-state index contributed by atoms with van der Waals surface area (Å²) in [7, 11) is 0. The van der Waals surface area contributed by atoms with E-state index in [0.29, 0.717) is 5.41 Å². The van der Waals surface area contributed by atoms with Crippen LogP contribution in [0.15, 0.2) is 36.4 Å². The predicted molar refractivity (Wildman–Crippen MR) is 60.8 cm³/mol. The molecule has 0 amide bonds. The Morgan fingerprint density at radius 3 is 2.43 bits per heavy atom. The smallest absolute Gasteiger partial charge is 0.0102 e. The van der Waals surface area contributed by atoms with E-state index in [1.54, 1.807) is 0 Å². The van der Waals surface area contributed by atoms with Crippen molar-refractivity contribution in [2.45, 2.75) is 25.8 Å². The summed E-state index contributed by atoms with van der Waals surface area (Å²) in [6.07, 6.45) is 6.96. The molecule has 1 nitrogen and oxygen atoms in total. The van der Waals surface area contributed by atoms with Crippen LogP contribution in [0.1, 0.15) is 25.3 Å². The average Bonchev–Trinajstić information content (AvgIpc) is 2.97. The second-order valence-corrected chi connectivity index (χ2v) is 4.27. The Morgan fingerprint density at radius 2 is 1.93 bits per heavy atom. The first kappa shape index (κ1) is 9.47. The van der Waals surface area contributed by atoms with Crippen LogP contribution in [-0.2, 0) is 0 Å². The summed E-state index contributed by atoms with van der Waals surface area (Å²) < 4.78 is 0. The first-order valence-electron chi connectivity index (χ1n) is 5.23. The van der Waals surface area contributed by atoms with Gasteiger partial charge in [-0.15, -0.1) is 0 Å². The van der Waals surface area contributed by atoms with Crippen LogP contribution >= 0.6 is 0 Å². The van der Waals surface area contributed by atoms with Gasteiger partial charge in [-0.1, -0.05) is 42.5 Å². The maximum Gasteiger partial charge on any atom is 0.0102 e. The van der Waals surface area contributed by atoms with E-state index in [2.05, 4.69) is 43.3 Å². The number of benzene rings is 1. The Balaban J connectivity index is 2.08. The molecule has 0 aromatic heterocycles. The SMILES string of the molecule is CC(N)C1(/C=C/c2ccccc2)CC1. The third-order valence-electron chi connectivity index (χ3n) is 3.14. The molecule has 1 fully saturated rings. The largest absolute Gasteiger partial charge is 0.327 e. The van der Waals surface area contributed by atoms with Crippen LogP contribution in [0.3, 0.4) is 0 Å². The maximum absolute atomic E-state index is 5.95. The van der Waals surface area contributed by atoms with E-state index >= 15 is 0 Å². The van der Waals surface area contributed by atoms with Gasteiger partial charge in [0.25, 0.3) is 0 Å². The minimum absolute atomic E-state index is 0.280. The minimum Gasteiger partial charge on any atom is -0.327 e. The van der Waals surface area contributed by atoms with Gasteiger partial charge in [0.1, 0.15) is 0 Å². The third kappa shape index (κ3) is 1.88. The molecule has 1 saturated carbocycles. The summed E-state index contributed by atoms with van der Waals surface area (Å²) in [5.74, 6) is 0. The van der Waals surface area contributed by atoms with Crippen molar-refractivity contribution in [3.63, 3.8) is 0 Å². The zero-order chi connectivity index (χ0) is 10.0. The molecule has 1 aromatic carbocycles. The molecular formula is C13H17N. The van der Waals surface area contributed by atoms with Crippen molar-refractivity contribution in [1.82, 2.24) is 0 Å². The van der Waals surface area contributed by atoms with Crippen molar-refractivity contribution in [1.29, 1.82) is 0 Å². The van der Waals surface area contributed by atoms with Crippen molar-refractivity contribution < 1.29 is 0 Å². The molecule has 2 N–H and O–H groups in total. The first-order chi connectivity index (χ1) is 6.73. The van der Waals surface area contributed by atoms with Crippen LogP contribution in [0.4, 0.5) is 0 Å². The van der Waals surface area contributed by atoms with E-state index in [1.807, 2.05) is 6.07 Å². The Labute approximate surface area is 85.6 Å². The van der Waals surface area contributed by atoms with Crippen LogP contribution in [0.2, 0.25) is 0 Å². The molecule has 1 heteroatoms. The molecule has 0 heterocycles. The summed E-state index contributed by atoms with van der Waals surface area (Å²) in [6, 6.07) is 10.7. The van der Waals surface area contributed by atoms with Crippen molar-refractivity contribution in [3.8, 4) is 0 Å². The zero-order valence-corrected chi connectivity index (χ0v) is 8.61. The fourth-order valence-corrected chi connectivity index (χ4v) is 1.74. The second-order valence-electron chi connectivity index (χ2n) is 4.27. The van der Waals surface area contributed by atoms with Gasteiger partial charge in [-0.3, -0.25) is 0 Å². The van der Waals surface area contributed by atoms with Gasteiger partial charge in [-0.25, -0.2) is 0 Å². The highest BCUT2D eigenvalue weighted by molar-refractivity contribution is 5.50. The molecule has 1 unspecified atom stereocenters. The Morgan fingerprint density at radius 1 is 1.29 bits per heavy atom. The molecule has 1 aliphatic carbocycles. The summed E-state index contributed by atoms with van der Waals surface area (Å²) in [5, 5.41) is 0. The molecule has 2 rings (SSSR count). The normalized spacial score (nSPS) is 21.0. The van der Waals surface area contributed by atoms with Crippen molar-refractivity contribution in [3.05, 3.63) is 42.0 Å². The Hall–Kier alpha value is -1.08. The molecule has 0 spiro atoms. The molecule has 1 aliphatic rings. The number of hydrogen-bond donors (Lipinski definition) is 1. The second kappa shape index (κ2) is 3.58. The van der Waals surface area contributed by atoms with Crippen LogP contribution < -0.4 is 5.73 Å². The lowest BCUT2D eigenvalue weighted by atomic mass is 9.97. The van der Waals surface area contributed by atoms with Crippen molar-refractivity contribution in [2.75, 3.05) is 0 Å². The van der Waals surface area contributed by atoms with E-state index in [1.165, 1.54) is 18.4 Å². The van der Waals surface area contributed by atoms with E-state index in [9.17, 15) is 0 Å². The van der Waals surface area contributed by atoms with Gasteiger partial charge < -0.3 is 5.73 Å². The Kier molecular flexibility index (Phi) is 2.42. The highest BCUT2D eigenvalue weighted by Crippen LogP contribution is 2.49. The lowest BCUT2D eigenvalue weighted by Crippen LogP contribution is -2.26. The molecule has 0 bridgehead atoms. The molecule has 0 saturated heterocycles. The number of nitrogens with two attached hydrogens (primary N) is 1. The van der Waals surface area contributed by atoms with Crippen LogP contribution in [0, 0.1) is 5.41 Å². The molecular weight excluding hydrogens is 170 g/mol. The van der Waals surface area contributed by atoms with Gasteiger partial charge >= 0.3 is 0 Å². The monoisotopic (exact) mass is 187 g/mol. The fourth-order valence-electron chi connectivity index (χ4n) is 1.74. The van der Waals surface area contributed by atoms with Crippen molar-refractivity contribution in [2.24, 2.45) is 11.1 Å². The third-order valence-corrected chi connectivity index (χ3v) is 3.14. The summed E-state index contributed by atoms with van der Waals surface area (Å²) >= 11 is 0. The number of rotatable bonds is 3. The highest BCUT2D eigenvalue weighted by Gasteiger charge is 2.43. The predicted octanol–water partition coefficient (Wildman–Crippen LogP) is 2.83. The van der Waals surface area contributed by atoms with Gasteiger partial charge in [-0.2, -0.15) is 0 Å². The fraction of sp³-hybridized carbons (Fsp3) is 0.385. The van der Waals surface area contributed by atoms with Gasteiger partial charge in [0, 0.05) is 11.5 Å². The van der Waals surface area contributed by atoms with Crippen LogP contribution in [0.5, 0.6) is 0 Å². The topological polar surface area (TPSA) is 26.0 Å². The summed E-state index contributed by atoms with van der Waals surface area (Å²) in [6.45, 7) is 2.10. The maximum atomic E-state index is 5.95. The average molecular weight is 187 g/mol. The van der Waals surface area contributed by atoms with E-state index in [0.717, 1.165) is 0 Å². The minimum atomic E-state index is 0.280. The standard InChI is InChI=1S/C13H17N/c1-11(14)13(9-10-13)8-7-12-5-3-2-4-6-12/h2-8,11H,9-10,14H2,1H3/b8-7+. The molecule has 0 aliphatic heterocycles. The van der Waals surface area contributed by atoms with E-state index in [-0.39, 0.29) is 6.04 Å². The van der Waals surface area contributed by atoms with Gasteiger partial charge in [0.2, 0.25) is 0 Å². The molecule has 14 heavy (non-hydrogen) atoms. The van der Waals surface area contributed by atoms with E-state index in [4.69, 9.17) is 5.73 Å². The highest BCUT2D eigenvalue weighted by atomic mass is 14.7. The lowest BCUT2D eigenvalue weighted by Gasteiger charge is -2.14. The Bertz CT molecular complexity index is 320. The molecule has 1 atom stereocenters. The molecule has 0 radical (unpaired) electrons. The quantitative estimate of drug-likeness (QED) is 0.773. The molecule has 1 aromatic rings. The van der Waals surface area contributed by atoms with Crippen molar-refractivity contribution >= 4 is 6.08 Å². The lowest BCUT2D eigenvalue weighted by molar-refractivity contribution is 0.524. The molecule has 74 valence electrons. The number of hydrogen-bond acceptors (Lipinski definition) is 1. The van der Waals surface area contributed by atoms with Gasteiger partial charge in [0.15, 0.2) is 0 Å². The summed E-state index contributed by atoms with van der Waals surface area (Å²) in [4.78, 5) is 0. The van der Waals surface area contributed by atoms with Crippen LogP contribution in [0.25, 0.3) is 6.08 Å². The first-order valence-corrected chi connectivity index (χ1v) is 5.23.